The standard InChI is InChI=1S/C16H24ClN3O/c1-3-7-19-8-10-20(11-9-19)12-16(21)18-15-6-4-5-14(17)13(15)2/h4-6H,3,7-12H2,1-2H3,(H,18,21). The van der Waals surface area contributed by atoms with Crippen LogP contribution in [0.4, 0.5) is 5.69 Å². The molecule has 0 radical (unpaired) electrons. The first kappa shape index (κ1) is 16.3. The first-order chi connectivity index (χ1) is 10.1. The lowest BCUT2D eigenvalue weighted by Gasteiger charge is -2.34. The van der Waals surface area contributed by atoms with Crippen molar-refractivity contribution in [2.75, 3.05) is 44.6 Å². The first-order valence-electron chi connectivity index (χ1n) is 7.60. The molecule has 1 amide bonds. The lowest BCUT2D eigenvalue weighted by atomic mass is 10.2. The van der Waals surface area contributed by atoms with E-state index in [0.29, 0.717) is 11.6 Å². The van der Waals surface area contributed by atoms with E-state index in [4.69, 9.17) is 11.6 Å². The quantitative estimate of drug-likeness (QED) is 0.908. The molecular weight excluding hydrogens is 286 g/mol. The maximum Gasteiger partial charge on any atom is 0.238 e. The summed E-state index contributed by atoms with van der Waals surface area (Å²) in [5.41, 5.74) is 1.72. The van der Waals surface area contributed by atoms with Gasteiger partial charge in [-0.1, -0.05) is 24.6 Å². The number of piperazine rings is 1. The molecular formula is C16H24ClN3O. The molecule has 0 aliphatic carbocycles. The van der Waals surface area contributed by atoms with Crippen molar-refractivity contribution in [1.82, 2.24) is 9.80 Å². The van der Waals surface area contributed by atoms with Crippen LogP contribution in [0, 0.1) is 6.92 Å². The lowest BCUT2D eigenvalue weighted by molar-refractivity contribution is -0.117. The third-order valence-corrected chi connectivity index (χ3v) is 4.32. The van der Waals surface area contributed by atoms with Gasteiger partial charge in [-0.25, -0.2) is 0 Å². The Bertz CT molecular complexity index is 484. The van der Waals surface area contributed by atoms with Crippen molar-refractivity contribution in [2.24, 2.45) is 0 Å². The van der Waals surface area contributed by atoms with Gasteiger partial charge in [0.1, 0.15) is 0 Å². The molecule has 2 rings (SSSR count). The van der Waals surface area contributed by atoms with Gasteiger partial charge in [0.2, 0.25) is 5.91 Å². The average molecular weight is 310 g/mol. The predicted octanol–water partition coefficient (Wildman–Crippen LogP) is 2.61. The molecule has 1 N–H and O–H groups in total. The second-order valence-electron chi connectivity index (χ2n) is 5.58. The monoisotopic (exact) mass is 309 g/mol. The molecule has 0 atom stereocenters. The molecule has 1 aromatic carbocycles. The van der Waals surface area contributed by atoms with Crippen LogP contribution in [0.5, 0.6) is 0 Å². The Morgan fingerprint density at radius 1 is 1.24 bits per heavy atom. The molecule has 1 aliphatic heterocycles. The molecule has 0 spiro atoms. The summed E-state index contributed by atoms with van der Waals surface area (Å²) >= 11 is 6.07. The average Bonchev–Trinajstić information content (AvgIpc) is 2.46. The molecule has 1 heterocycles. The normalized spacial score (nSPS) is 16.9. The zero-order valence-corrected chi connectivity index (χ0v) is 13.6. The minimum atomic E-state index is 0.0318. The van der Waals surface area contributed by atoms with Gasteiger partial charge in [-0.3, -0.25) is 9.69 Å². The van der Waals surface area contributed by atoms with Crippen molar-refractivity contribution in [3.63, 3.8) is 0 Å². The number of hydrogen-bond acceptors (Lipinski definition) is 3. The summed E-state index contributed by atoms with van der Waals surface area (Å²) in [4.78, 5) is 16.8. The number of nitrogens with one attached hydrogen (secondary N) is 1. The minimum Gasteiger partial charge on any atom is -0.325 e. The SMILES string of the molecule is CCCN1CCN(CC(=O)Nc2cccc(Cl)c2C)CC1. The van der Waals surface area contributed by atoms with Crippen LogP contribution in [0.3, 0.4) is 0 Å². The van der Waals surface area contributed by atoms with Gasteiger partial charge in [0.25, 0.3) is 0 Å². The fourth-order valence-corrected chi connectivity index (χ4v) is 2.80. The van der Waals surface area contributed by atoms with Crippen molar-refractivity contribution in [3.8, 4) is 0 Å². The van der Waals surface area contributed by atoms with Gasteiger partial charge in [-0.2, -0.15) is 0 Å². The lowest BCUT2D eigenvalue weighted by Crippen LogP contribution is -2.48. The summed E-state index contributed by atoms with van der Waals surface area (Å²) < 4.78 is 0. The van der Waals surface area contributed by atoms with Gasteiger partial charge >= 0.3 is 0 Å². The highest BCUT2D eigenvalue weighted by molar-refractivity contribution is 6.31. The Labute approximate surface area is 132 Å². The maximum absolute atomic E-state index is 12.1. The summed E-state index contributed by atoms with van der Waals surface area (Å²) in [6.45, 7) is 9.75. The van der Waals surface area contributed by atoms with E-state index in [1.165, 1.54) is 6.42 Å². The Balaban J connectivity index is 1.81. The Kier molecular flexibility index (Phi) is 6.03. The number of anilines is 1. The van der Waals surface area contributed by atoms with Gasteiger partial charge in [-0.05, 0) is 37.6 Å². The van der Waals surface area contributed by atoms with E-state index in [2.05, 4.69) is 22.0 Å². The van der Waals surface area contributed by atoms with Gasteiger partial charge in [0.15, 0.2) is 0 Å². The topological polar surface area (TPSA) is 35.6 Å². The highest BCUT2D eigenvalue weighted by atomic mass is 35.5. The summed E-state index contributed by atoms with van der Waals surface area (Å²) in [7, 11) is 0. The summed E-state index contributed by atoms with van der Waals surface area (Å²) in [6, 6.07) is 5.58. The summed E-state index contributed by atoms with van der Waals surface area (Å²) in [6.07, 6.45) is 1.19. The molecule has 0 saturated carbocycles. The molecule has 0 bridgehead atoms. The molecule has 1 saturated heterocycles. The Morgan fingerprint density at radius 2 is 1.90 bits per heavy atom. The Morgan fingerprint density at radius 3 is 2.57 bits per heavy atom. The molecule has 21 heavy (non-hydrogen) atoms. The van der Waals surface area contributed by atoms with Gasteiger partial charge in [0.05, 0.1) is 6.54 Å². The number of halogens is 1. The van der Waals surface area contributed by atoms with E-state index in [1.54, 1.807) is 0 Å². The highest BCUT2D eigenvalue weighted by Crippen LogP contribution is 2.22. The van der Waals surface area contributed by atoms with Gasteiger partial charge in [0, 0.05) is 36.9 Å². The number of nitrogens with zero attached hydrogens (tertiary/aromatic N) is 2. The third kappa shape index (κ3) is 4.70. The maximum atomic E-state index is 12.1. The largest absolute Gasteiger partial charge is 0.325 e. The molecule has 0 unspecified atom stereocenters. The molecule has 1 aromatic rings. The minimum absolute atomic E-state index is 0.0318. The molecule has 116 valence electrons. The fourth-order valence-electron chi connectivity index (χ4n) is 2.62. The highest BCUT2D eigenvalue weighted by Gasteiger charge is 2.18. The van der Waals surface area contributed by atoms with E-state index >= 15 is 0 Å². The van der Waals surface area contributed by atoms with Crippen LogP contribution in [0.15, 0.2) is 18.2 Å². The van der Waals surface area contributed by atoms with E-state index in [9.17, 15) is 4.79 Å². The molecule has 0 aromatic heterocycles. The smallest absolute Gasteiger partial charge is 0.238 e. The van der Waals surface area contributed by atoms with Crippen molar-refractivity contribution >= 4 is 23.2 Å². The second-order valence-corrected chi connectivity index (χ2v) is 5.99. The zero-order chi connectivity index (χ0) is 15.2. The first-order valence-corrected chi connectivity index (χ1v) is 7.97. The molecule has 1 aliphatic rings. The van der Waals surface area contributed by atoms with E-state index in [1.807, 2.05) is 25.1 Å². The van der Waals surface area contributed by atoms with Gasteiger partial charge < -0.3 is 10.2 Å². The van der Waals surface area contributed by atoms with Crippen LogP contribution in [-0.4, -0.2) is 55.0 Å². The van der Waals surface area contributed by atoms with Crippen molar-refractivity contribution in [2.45, 2.75) is 20.3 Å². The van der Waals surface area contributed by atoms with Crippen molar-refractivity contribution in [1.29, 1.82) is 0 Å². The van der Waals surface area contributed by atoms with E-state index in [0.717, 1.165) is 44.0 Å². The Hall–Kier alpha value is -1.10. The number of carbonyl (C=O) groups is 1. The van der Waals surface area contributed by atoms with Crippen LogP contribution >= 0.6 is 11.6 Å². The third-order valence-electron chi connectivity index (χ3n) is 3.91. The van der Waals surface area contributed by atoms with E-state index < -0.39 is 0 Å². The van der Waals surface area contributed by atoms with Crippen LogP contribution in [-0.2, 0) is 4.79 Å². The fraction of sp³-hybridized carbons (Fsp3) is 0.562. The van der Waals surface area contributed by atoms with Gasteiger partial charge in [-0.15, -0.1) is 0 Å². The van der Waals surface area contributed by atoms with Crippen molar-refractivity contribution in [3.05, 3.63) is 28.8 Å². The molecule has 5 heteroatoms. The molecule has 4 nitrogen and oxygen atoms in total. The van der Waals surface area contributed by atoms with Crippen LogP contribution < -0.4 is 5.32 Å². The van der Waals surface area contributed by atoms with Crippen LogP contribution in [0.25, 0.3) is 0 Å². The number of amides is 1. The molecule has 1 fully saturated rings. The summed E-state index contributed by atoms with van der Waals surface area (Å²) in [5, 5.41) is 3.64. The predicted molar refractivity (Wildman–Crippen MR) is 88.0 cm³/mol. The van der Waals surface area contributed by atoms with Crippen molar-refractivity contribution < 1.29 is 4.79 Å². The van der Waals surface area contributed by atoms with Crippen LogP contribution in [0.1, 0.15) is 18.9 Å². The number of hydrogen-bond donors (Lipinski definition) is 1. The number of carbonyl (C=O) groups excluding carboxylic acids is 1. The van der Waals surface area contributed by atoms with Crippen LogP contribution in [0.2, 0.25) is 5.02 Å². The zero-order valence-electron chi connectivity index (χ0n) is 12.9. The summed E-state index contributed by atoms with van der Waals surface area (Å²) in [5.74, 6) is 0.0318. The number of rotatable bonds is 5. The number of benzene rings is 1. The van der Waals surface area contributed by atoms with E-state index in [-0.39, 0.29) is 5.91 Å². The second kappa shape index (κ2) is 7.78.